The molecule has 33 heavy (non-hydrogen) atoms. The molecule has 3 aromatic carbocycles. The topological polar surface area (TPSA) is 139 Å². The highest BCUT2D eigenvalue weighted by Gasteiger charge is 2.18. The number of anilines is 1. The lowest BCUT2D eigenvalue weighted by atomic mass is 10.1. The van der Waals surface area contributed by atoms with Gasteiger partial charge in [0.2, 0.25) is 0 Å². The van der Waals surface area contributed by atoms with E-state index in [0.717, 1.165) is 0 Å². The van der Waals surface area contributed by atoms with E-state index in [2.05, 4.69) is 10.6 Å². The molecule has 0 aliphatic rings. The molecule has 10 heteroatoms. The maximum absolute atomic E-state index is 13.0. The predicted octanol–water partition coefficient (Wildman–Crippen LogP) is 4.36. The molecule has 0 bridgehead atoms. The highest BCUT2D eigenvalue weighted by atomic mass is 35.5. The summed E-state index contributed by atoms with van der Waals surface area (Å²) in [5.41, 5.74) is 0.100. The number of nitrogens with one attached hydrogen (secondary N) is 2. The number of hydrogen-bond donors (Lipinski definition) is 3. The second-order valence-electron chi connectivity index (χ2n) is 6.68. The van der Waals surface area contributed by atoms with Gasteiger partial charge in [0.15, 0.2) is 0 Å². The fourth-order valence-electron chi connectivity index (χ4n) is 2.82. The molecule has 0 aliphatic carbocycles. The van der Waals surface area contributed by atoms with Crippen molar-refractivity contribution < 1.29 is 24.4 Å². The predicted molar refractivity (Wildman–Crippen MR) is 122 cm³/mol. The number of nitro groups is 1. The number of rotatable bonds is 7. The van der Waals surface area contributed by atoms with Crippen molar-refractivity contribution in [2.24, 2.45) is 0 Å². The second-order valence-corrected chi connectivity index (χ2v) is 7.09. The first kappa shape index (κ1) is 23.2. The summed E-state index contributed by atoms with van der Waals surface area (Å²) in [4.78, 5) is 47.4. The number of carbonyl (C=O) groups is 3. The van der Waals surface area contributed by atoms with Gasteiger partial charge >= 0.3 is 5.97 Å². The lowest BCUT2D eigenvalue weighted by Crippen LogP contribution is -2.31. The number of nitro benzene ring substituents is 1. The van der Waals surface area contributed by atoms with Gasteiger partial charge in [-0.25, -0.2) is 4.79 Å². The number of amides is 2. The van der Waals surface area contributed by atoms with Crippen LogP contribution >= 0.6 is 11.6 Å². The van der Waals surface area contributed by atoms with Crippen LogP contribution in [0.3, 0.4) is 0 Å². The van der Waals surface area contributed by atoms with Crippen LogP contribution in [0.1, 0.15) is 26.3 Å². The minimum absolute atomic E-state index is 0.0443. The molecule has 3 rings (SSSR count). The van der Waals surface area contributed by atoms with Gasteiger partial charge in [0, 0.05) is 17.8 Å². The lowest BCUT2D eigenvalue weighted by molar-refractivity contribution is -0.384. The maximum atomic E-state index is 13.0. The molecule has 2 amide bonds. The summed E-state index contributed by atoms with van der Waals surface area (Å²) < 4.78 is 0. The van der Waals surface area contributed by atoms with Crippen LogP contribution < -0.4 is 10.6 Å². The first-order chi connectivity index (χ1) is 15.7. The number of nitrogens with zero attached hydrogens (tertiary/aromatic N) is 1. The molecule has 0 radical (unpaired) electrons. The van der Waals surface area contributed by atoms with Gasteiger partial charge in [0.05, 0.1) is 21.1 Å². The van der Waals surface area contributed by atoms with E-state index in [1.807, 2.05) is 0 Å². The first-order valence-corrected chi connectivity index (χ1v) is 9.79. The number of halogens is 1. The van der Waals surface area contributed by atoms with Crippen LogP contribution in [0.2, 0.25) is 5.02 Å². The van der Waals surface area contributed by atoms with E-state index in [4.69, 9.17) is 16.7 Å². The Hall–Kier alpha value is -4.50. The molecular weight excluding hydrogens is 450 g/mol. The van der Waals surface area contributed by atoms with Crippen molar-refractivity contribution in [3.8, 4) is 0 Å². The SMILES string of the molecule is O=C(Nc1cccc(C(=O)O)c1)C(=Cc1cccc([N+](=O)[O-])c1)NC(=O)c1ccccc1Cl. The van der Waals surface area contributed by atoms with Crippen LogP contribution in [-0.2, 0) is 4.79 Å². The van der Waals surface area contributed by atoms with Crippen LogP contribution in [0, 0.1) is 10.1 Å². The minimum Gasteiger partial charge on any atom is -0.478 e. The maximum Gasteiger partial charge on any atom is 0.335 e. The molecule has 3 N–H and O–H groups in total. The summed E-state index contributed by atoms with van der Waals surface area (Å²) in [6.45, 7) is 0. The lowest BCUT2D eigenvalue weighted by Gasteiger charge is -2.12. The number of aromatic carboxylic acids is 1. The molecule has 0 atom stereocenters. The summed E-state index contributed by atoms with van der Waals surface area (Å²) in [6, 6.07) is 17.2. The number of carboxylic acids is 1. The normalized spacial score (nSPS) is 10.9. The summed E-state index contributed by atoms with van der Waals surface area (Å²) in [5, 5.41) is 25.4. The minimum atomic E-state index is -1.18. The number of carbonyl (C=O) groups excluding carboxylic acids is 2. The Labute approximate surface area is 192 Å². The largest absolute Gasteiger partial charge is 0.478 e. The zero-order valence-electron chi connectivity index (χ0n) is 16.8. The molecule has 0 aromatic heterocycles. The fraction of sp³-hybridized carbons (Fsp3) is 0. The van der Waals surface area contributed by atoms with Crippen molar-refractivity contribution in [2.75, 3.05) is 5.32 Å². The third kappa shape index (κ3) is 6.02. The van der Waals surface area contributed by atoms with Gasteiger partial charge in [-0.3, -0.25) is 19.7 Å². The van der Waals surface area contributed by atoms with Crippen LogP contribution in [0.4, 0.5) is 11.4 Å². The molecule has 0 aliphatic heterocycles. The monoisotopic (exact) mass is 465 g/mol. The van der Waals surface area contributed by atoms with Crippen molar-refractivity contribution >= 4 is 46.8 Å². The molecule has 3 aromatic rings. The summed E-state index contributed by atoms with van der Waals surface area (Å²) in [6.07, 6.45) is 1.26. The van der Waals surface area contributed by atoms with Gasteiger partial charge in [-0.15, -0.1) is 0 Å². The molecule has 0 heterocycles. The van der Waals surface area contributed by atoms with E-state index < -0.39 is 22.7 Å². The van der Waals surface area contributed by atoms with E-state index in [-0.39, 0.29) is 38.8 Å². The summed E-state index contributed by atoms with van der Waals surface area (Å²) >= 11 is 6.06. The first-order valence-electron chi connectivity index (χ1n) is 9.41. The zero-order chi connectivity index (χ0) is 24.0. The fourth-order valence-corrected chi connectivity index (χ4v) is 3.04. The van der Waals surface area contributed by atoms with Crippen molar-refractivity contribution in [2.45, 2.75) is 0 Å². The third-order valence-corrected chi connectivity index (χ3v) is 4.70. The zero-order valence-corrected chi connectivity index (χ0v) is 17.6. The van der Waals surface area contributed by atoms with Crippen molar-refractivity contribution in [1.29, 1.82) is 0 Å². The molecule has 9 nitrogen and oxygen atoms in total. The standard InChI is InChI=1S/C23H16ClN3O6/c24-19-10-2-1-9-18(19)21(28)26-20(12-14-5-3-8-17(11-14)27(32)33)22(29)25-16-7-4-6-15(13-16)23(30)31/h1-13H,(H,25,29)(H,26,28)(H,30,31). The van der Waals surface area contributed by atoms with E-state index in [1.165, 1.54) is 66.7 Å². The van der Waals surface area contributed by atoms with E-state index in [1.54, 1.807) is 12.1 Å². The molecule has 0 fully saturated rings. The molecule has 166 valence electrons. The number of carboxylic acid groups (broad SMARTS) is 1. The average molecular weight is 466 g/mol. The highest BCUT2D eigenvalue weighted by Crippen LogP contribution is 2.19. The summed E-state index contributed by atoms with van der Waals surface area (Å²) in [7, 11) is 0. The van der Waals surface area contributed by atoms with Gasteiger partial charge in [-0.05, 0) is 42.0 Å². The van der Waals surface area contributed by atoms with Gasteiger partial charge < -0.3 is 15.7 Å². The molecule has 0 saturated carbocycles. The highest BCUT2D eigenvalue weighted by molar-refractivity contribution is 6.34. The smallest absolute Gasteiger partial charge is 0.335 e. The van der Waals surface area contributed by atoms with Gasteiger partial charge in [0.25, 0.3) is 17.5 Å². The van der Waals surface area contributed by atoms with E-state index in [0.29, 0.717) is 0 Å². The Morgan fingerprint density at radius 3 is 2.39 bits per heavy atom. The third-order valence-electron chi connectivity index (χ3n) is 4.37. The molecule has 0 unspecified atom stereocenters. The summed E-state index contributed by atoms with van der Waals surface area (Å²) in [5.74, 6) is -2.62. The molecule has 0 saturated heterocycles. The Bertz CT molecular complexity index is 1290. The van der Waals surface area contributed by atoms with Crippen molar-refractivity contribution in [3.05, 3.63) is 110 Å². The van der Waals surface area contributed by atoms with Crippen molar-refractivity contribution in [3.63, 3.8) is 0 Å². The van der Waals surface area contributed by atoms with Crippen LogP contribution in [0.25, 0.3) is 6.08 Å². The Balaban J connectivity index is 1.96. The van der Waals surface area contributed by atoms with Crippen molar-refractivity contribution in [1.82, 2.24) is 5.32 Å². The van der Waals surface area contributed by atoms with Crippen LogP contribution in [-0.4, -0.2) is 27.8 Å². The van der Waals surface area contributed by atoms with Crippen LogP contribution in [0.5, 0.6) is 0 Å². The van der Waals surface area contributed by atoms with Gasteiger partial charge in [-0.1, -0.05) is 41.9 Å². The van der Waals surface area contributed by atoms with Gasteiger partial charge in [0.1, 0.15) is 5.70 Å². The second kappa shape index (κ2) is 10.2. The Morgan fingerprint density at radius 2 is 1.70 bits per heavy atom. The van der Waals surface area contributed by atoms with Crippen LogP contribution in [0.15, 0.2) is 78.5 Å². The number of non-ortho nitro benzene ring substituents is 1. The van der Waals surface area contributed by atoms with E-state index >= 15 is 0 Å². The number of benzene rings is 3. The Morgan fingerprint density at radius 1 is 0.970 bits per heavy atom. The number of hydrogen-bond acceptors (Lipinski definition) is 5. The van der Waals surface area contributed by atoms with E-state index in [9.17, 15) is 24.5 Å². The van der Waals surface area contributed by atoms with Gasteiger partial charge in [-0.2, -0.15) is 0 Å². The molecular formula is C23H16ClN3O6. The molecule has 0 spiro atoms. The Kier molecular flexibility index (Phi) is 7.17. The quantitative estimate of drug-likeness (QED) is 0.269. The average Bonchev–Trinajstić information content (AvgIpc) is 2.79.